The first-order valence-electron chi connectivity index (χ1n) is 3.55. The maximum absolute atomic E-state index is 12.2. The highest BCUT2D eigenvalue weighted by Crippen LogP contribution is 2.35. The number of anilines is 2. The maximum atomic E-state index is 12.2. The van der Waals surface area contributed by atoms with Gasteiger partial charge in [-0.05, 0) is 24.6 Å². The van der Waals surface area contributed by atoms with Gasteiger partial charge in [0, 0.05) is 11.4 Å². The van der Waals surface area contributed by atoms with E-state index in [2.05, 4.69) is 0 Å². The second kappa shape index (κ2) is 2.83. The van der Waals surface area contributed by atoms with Crippen LogP contribution in [0.4, 0.5) is 24.5 Å². The van der Waals surface area contributed by atoms with Crippen molar-refractivity contribution in [2.24, 2.45) is 0 Å². The second-order valence-electron chi connectivity index (χ2n) is 2.79. The zero-order chi connectivity index (χ0) is 10.2. The molecule has 0 atom stereocenters. The van der Waals surface area contributed by atoms with E-state index in [9.17, 15) is 13.2 Å². The fourth-order valence-electron chi connectivity index (χ4n) is 0.993. The van der Waals surface area contributed by atoms with Crippen molar-refractivity contribution in [1.82, 2.24) is 0 Å². The number of benzene rings is 1. The van der Waals surface area contributed by atoms with E-state index in [0.717, 1.165) is 6.07 Å². The summed E-state index contributed by atoms with van der Waals surface area (Å²) in [6.45, 7) is 1.60. The van der Waals surface area contributed by atoms with Gasteiger partial charge in [0.25, 0.3) is 0 Å². The summed E-state index contributed by atoms with van der Waals surface area (Å²) < 4.78 is 36.7. The third-order valence-corrected chi connectivity index (χ3v) is 1.74. The number of rotatable bonds is 0. The lowest BCUT2D eigenvalue weighted by Gasteiger charge is -2.11. The molecule has 0 saturated heterocycles. The summed E-state index contributed by atoms with van der Waals surface area (Å²) in [6.07, 6.45) is -4.44. The van der Waals surface area contributed by atoms with Crippen LogP contribution in [0.15, 0.2) is 12.1 Å². The normalized spacial score (nSPS) is 11.7. The molecule has 0 aliphatic rings. The molecule has 0 unspecified atom stereocenters. The molecule has 0 aliphatic heterocycles. The van der Waals surface area contributed by atoms with E-state index in [4.69, 9.17) is 11.5 Å². The lowest BCUT2D eigenvalue weighted by atomic mass is 10.1. The summed E-state index contributed by atoms with van der Waals surface area (Å²) in [6, 6.07) is 2.07. The van der Waals surface area contributed by atoms with Gasteiger partial charge in [0.15, 0.2) is 0 Å². The van der Waals surface area contributed by atoms with Gasteiger partial charge in [-0.2, -0.15) is 13.2 Å². The summed E-state index contributed by atoms with van der Waals surface area (Å²) in [5, 5.41) is 0. The topological polar surface area (TPSA) is 52.0 Å². The lowest BCUT2D eigenvalue weighted by Crippen LogP contribution is -2.10. The predicted octanol–water partition coefficient (Wildman–Crippen LogP) is 2.18. The highest BCUT2D eigenvalue weighted by Gasteiger charge is 2.33. The Kier molecular flexibility index (Phi) is 2.11. The van der Waals surface area contributed by atoms with Crippen molar-refractivity contribution in [2.75, 3.05) is 11.5 Å². The van der Waals surface area contributed by atoms with Crippen LogP contribution in [0.1, 0.15) is 11.1 Å². The van der Waals surface area contributed by atoms with Crippen LogP contribution in [0.2, 0.25) is 0 Å². The molecule has 5 heteroatoms. The Hall–Kier alpha value is -1.39. The fourth-order valence-corrected chi connectivity index (χ4v) is 0.993. The Balaban J connectivity index is 3.32. The first-order valence-corrected chi connectivity index (χ1v) is 3.55. The van der Waals surface area contributed by atoms with Crippen molar-refractivity contribution in [3.63, 3.8) is 0 Å². The van der Waals surface area contributed by atoms with Crippen molar-refractivity contribution in [3.8, 4) is 0 Å². The molecular formula is C8H9F3N2. The van der Waals surface area contributed by atoms with E-state index in [-0.39, 0.29) is 11.4 Å². The molecule has 72 valence electrons. The molecule has 1 rings (SSSR count). The molecule has 0 bridgehead atoms. The fraction of sp³-hybridized carbons (Fsp3) is 0.250. The monoisotopic (exact) mass is 190 g/mol. The van der Waals surface area contributed by atoms with Crippen molar-refractivity contribution >= 4 is 11.4 Å². The van der Waals surface area contributed by atoms with Crippen LogP contribution in [0.3, 0.4) is 0 Å². The Bertz CT molecular complexity index is 331. The van der Waals surface area contributed by atoms with E-state index in [0.29, 0.717) is 5.56 Å². The molecule has 0 fully saturated rings. The quantitative estimate of drug-likeness (QED) is 0.616. The molecule has 1 aromatic rings. The highest BCUT2D eigenvalue weighted by molar-refractivity contribution is 5.60. The van der Waals surface area contributed by atoms with Crippen LogP contribution in [0, 0.1) is 6.92 Å². The number of aryl methyl sites for hydroxylation is 1. The predicted molar refractivity (Wildman–Crippen MR) is 45.0 cm³/mol. The van der Waals surface area contributed by atoms with Gasteiger partial charge in [-0.25, -0.2) is 0 Å². The minimum Gasteiger partial charge on any atom is -0.398 e. The highest BCUT2D eigenvalue weighted by atomic mass is 19.4. The van der Waals surface area contributed by atoms with Crippen LogP contribution in [-0.4, -0.2) is 0 Å². The molecule has 2 nitrogen and oxygen atoms in total. The Labute approximate surface area is 73.3 Å². The molecule has 0 heterocycles. The summed E-state index contributed by atoms with van der Waals surface area (Å²) in [5.74, 6) is 0. The number of nitrogens with two attached hydrogens (primary N) is 2. The van der Waals surface area contributed by atoms with Gasteiger partial charge in [-0.3, -0.25) is 0 Å². The van der Waals surface area contributed by atoms with E-state index < -0.39 is 11.7 Å². The van der Waals surface area contributed by atoms with Gasteiger partial charge in [-0.1, -0.05) is 0 Å². The molecule has 13 heavy (non-hydrogen) atoms. The van der Waals surface area contributed by atoms with Crippen molar-refractivity contribution < 1.29 is 13.2 Å². The summed E-state index contributed by atoms with van der Waals surface area (Å²) in [4.78, 5) is 0. The van der Waals surface area contributed by atoms with Crippen LogP contribution in [0.25, 0.3) is 0 Å². The van der Waals surface area contributed by atoms with Crippen LogP contribution in [0.5, 0.6) is 0 Å². The average molecular weight is 190 g/mol. The minimum absolute atomic E-state index is 0.0986. The zero-order valence-electron chi connectivity index (χ0n) is 6.94. The molecule has 4 N–H and O–H groups in total. The first-order chi connectivity index (χ1) is 5.82. The van der Waals surface area contributed by atoms with Gasteiger partial charge in [0.2, 0.25) is 0 Å². The third kappa shape index (κ3) is 1.85. The van der Waals surface area contributed by atoms with Gasteiger partial charge in [-0.15, -0.1) is 0 Å². The SMILES string of the molecule is Cc1cc(N)c(C(F)(F)F)cc1N. The number of nitrogen functional groups attached to an aromatic ring is 2. The molecular weight excluding hydrogens is 181 g/mol. The summed E-state index contributed by atoms with van der Waals surface area (Å²) in [7, 11) is 0. The van der Waals surface area contributed by atoms with Crippen LogP contribution in [-0.2, 0) is 6.18 Å². The van der Waals surface area contributed by atoms with E-state index in [1.165, 1.54) is 6.07 Å². The molecule has 0 spiro atoms. The lowest BCUT2D eigenvalue weighted by molar-refractivity contribution is -0.136. The zero-order valence-corrected chi connectivity index (χ0v) is 6.94. The van der Waals surface area contributed by atoms with E-state index in [1.807, 2.05) is 0 Å². The van der Waals surface area contributed by atoms with Gasteiger partial charge in [0.05, 0.1) is 5.56 Å². The molecule has 0 aromatic heterocycles. The Morgan fingerprint density at radius 1 is 1.08 bits per heavy atom. The largest absolute Gasteiger partial charge is 0.418 e. The maximum Gasteiger partial charge on any atom is 0.418 e. The molecule has 0 aliphatic carbocycles. The first kappa shape index (κ1) is 9.70. The minimum atomic E-state index is -4.44. The van der Waals surface area contributed by atoms with Crippen molar-refractivity contribution in [1.29, 1.82) is 0 Å². The smallest absolute Gasteiger partial charge is 0.398 e. The van der Waals surface area contributed by atoms with Crippen LogP contribution >= 0.6 is 0 Å². The number of halogens is 3. The average Bonchev–Trinajstić information content (AvgIpc) is 1.94. The Morgan fingerprint density at radius 2 is 1.62 bits per heavy atom. The van der Waals surface area contributed by atoms with E-state index >= 15 is 0 Å². The van der Waals surface area contributed by atoms with Gasteiger partial charge < -0.3 is 11.5 Å². The summed E-state index contributed by atoms with van der Waals surface area (Å²) in [5.41, 5.74) is 10.0. The summed E-state index contributed by atoms with van der Waals surface area (Å²) >= 11 is 0. The van der Waals surface area contributed by atoms with Crippen molar-refractivity contribution in [3.05, 3.63) is 23.3 Å². The third-order valence-electron chi connectivity index (χ3n) is 1.74. The molecule has 1 aromatic carbocycles. The molecule has 0 saturated carbocycles. The standard InChI is InChI=1S/C8H9F3N2/c1-4-2-7(13)5(3-6(4)12)8(9,10)11/h2-3H,12-13H2,1H3. The molecule has 0 radical (unpaired) electrons. The number of hydrogen-bond acceptors (Lipinski definition) is 2. The second-order valence-corrected chi connectivity index (χ2v) is 2.79. The number of alkyl halides is 3. The van der Waals surface area contributed by atoms with Crippen LogP contribution < -0.4 is 11.5 Å². The number of hydrogen-bond donors (Lipinski definition) is 2. The molecule has 0 amide bonds. The van der Waals surface area contributed by atoms with Gasteiger partial charge >= 0.3 is 6.18 Å². The van der Waals surface area contributed by atoms with Crippen molar-refractivity contribution in [2.45, 2.75) is 13.1 Å². The van der Waals surface area contributed by atoms with E-state index in [1.54, 1.807) is 6.92 Å². The van der Waals surface area contributed by atoms with Gasteiger partial charge in [0.1, 0.15) is 0 Å². The Morgan fingerprint density at radius 3 is 2.08 bits per heavy atom.